The van der Waals surface area contributed by atoms with Crippen LogP contribution in [-0.2, 0) is 6.73 Å². The van der Waals surface area contributed by atoms with Gasteiger partial charge in [0, 0.05) is 17.5 Å². The fourth-order valence-electron chi connectivity index (χ4n) is 4.56. The Morgan fingerprint density at radius 1 is 0.805 bits per heavy atom. The zero-order valence-electron chi connectivity index (χ0n) is 22.9. The molecule has 2 aromatic heterocycles. The van der Waals surface area contributed by atoms with Crippen LogP contribution < -0.4 is 62.2 Å². The largest absolute Gasteiger partial charge is 1.00 e. The quantitative estimate of drug-likeness (QED) is 0.195. The Balaban J connectivity index is 0.000000144. The van der Waals surface area contributed by atoms with Crippen LogP contribution in [0.25, 0.3) is 43.1 Å². The third kappa shape index (κ3) is 6.47. The van der Waals surface area contributed by atoms with E-state index in [1.165, 1.54) is 20.8 Å². The summed E-state index contributed by atoms with van der Waals surface area (Å²) >= 11 is 1.83. The predicted octanol–water partition coefficient (Wildman–Crippen LogP) is -0.267. The second kappa shape index (κ2) is 13.8. The van der Waals surface area contributed by atoms with Gasteiger partial charge in [0.2, 0.25) is 11.0 Å². The number of pyridine rings is 1. The molecule has 0 saturated heterocycles. The third-order valence-electron chi connectivity index (χ3n) is 6.42. The molecular formula is C32H24Li2N3O3S+. The van der Waals surface area contributed by atoms with Gasteiger partial charge in [-0.1, -0.05) is 72.0 Å². The van der Waals surface area contributed by atoms with Crippen LogP contribution in [0.1, 0.15) is 5.56 Å². The molecule has 192 valence electrons. The first-order valence-corrected chi connectivity index (χ1v) is 13.3. The Morgan fingerprint density at radius 2 is 1.56 bits per heavy atom. The number of fused-ring (bicyclic) bond motifs is 7. The molecule has 0 amide bonds. The number of benzene rings is 4. The minimum atomic E-state index is 0. The van der Waals surface area contributed by atoms with Gasteiger partial charge >= 0.3 is 37.7 Å². The number of nitrogens with zero attached hydrogens (tertiary/aromatic N) is 2. The van der Waals surface area contributed by atoms with E-state index in [0.29, 0.717) is 24.5 Å². The van der Waals surface area contributed by atoms with Gasteiger partial charge in [-0.2, -0.15) is 0 Å². The van der Waals surface area contributed by atoms with E-state index in [2.05, 4.69) is 51.3 Å². The second-order valence-corrected chi connectivity index (χ2v) is 9.93. The van der Waals surface area contributed by atoms with E-state index in [-0.39, 0.29) is 49.2 Å². The summed E-state index contributed by atoms with van der Waals surface area (Å²) in [5, 5.41) is 28.6. The van der Waals surface area contributed by atoms with Crippen LogP contribution >= 0.6 is 11.3 Å². The van der Waals surface area contributed by atoms with Gasteiger partial charge in [0.15, 0.2) is 6.20 Å². The summed E-state index contributed by atoms with van der Waals surface area (Å²) < 4.78 is 9.33. The van der Waals surface area contributed by atoms with Crippen LogP contribution in [-0.4, -0.2) is 6.54 Å². The molecule has 0 fully saturated rings. The van der Waals surface area contributed by atoms with Gasteiger partial charge in [-0.25, -0.2) is 4.98 Å². The first-order valence-electron chi connectivity index (χ1n) is 12.5. The van der Waals surface area contributed by atoms with Crippen LogP contribution in [0, 0.1) is 0 Å². The maximum Gasteiger partial charge on any atom is 1.00 e. The van der Waals surface area contributed by atoms with Gasteiger partial charge in [-0.15, -0.1) is 28.6 Å². The van der Waals surface area contributed by atoms with Gasteiger partial charge < -0.3 is 20.3 Å². The molecule has 4 heterocycles. The minimum Gasteiger partial charge on any atom is -0.873 e. The molecule has 6 nitrogen and oxygen atoms in total. The van der Waals surface area contributed by atoms with Crippen LogP contribution in [0.5, 0.6) is 17.2 Å². The number of aromatic amines is 1. The summed E-state index contributed by atoms with van der Waals surface area (Å²) in [4.78, 5) is 2.91. The van der Waals surface area contributed by atoms with E-state index < -0.39 is 0 Å². The number of hydrogen-bond donors (Lipinski definition) is 0. The predicted molar refractivity (Wildman–Crippen MR) is 151 cm³/mol. The molecule has 6 aromatic rings. The Kier molecular flexibility index (Phi) is 10.2. The van der Waals surface area contributed by atoms with Gasteiger partial charge in [0.05, 0.1) is 5.56 Å². The van der Waals surface area contributed by atoms with Gasteiger partial charge in [-0.3, -0.25) is 0 Å². The van der Waals surface area contributed by atoms with E-state index in [0.717, 1.165) is 16.7 Å². The first-order chi connectivity index (χ1) is 19.2. The summed E-state index contributed by atoms with van der Waals surface area (Å²) in [6, 6.07) is 30.9. The van der Waals surface area contributed by atoms with Crippen molar-refractivity contribution in [3.63, 3.8) is 0 Å². The monoisotopic (exact) mass is 544 g/mol. The van der Waals surface area contributed by atoms with Crippen molar-refractivity contribution in [1.29, 1.82) is 0 Å². The number of rotatable bonds is 0. The van der Waals surface area contributed by atoms with Crippen LogP contribution in [0.3, 0.4) is 0 Å². The molecule has 0 saturated carbocycles. The van der Waals surface area contributed by atoms with Crippen molar-refractivity contribution in [2.45, 2.75) is 6.73 Å². The summed E-state index contributed by atoms with van der Waals surface area (Å²) in [5.41, 5.74) is 4.66. The molecule has 8 rings (SSSR count). The molecule has 0 bridgehead atoms. The molecule has 9 heteroatoms. The molecule has 41 heavy (non-hydrogen) atoms. The van der Waals surface area contributed by atoms with Crippen molar-refractivity contribution in [3.8, 4) is 27.8 Å². The molecule has 0 radical (unpaired) electrons. The number of hydrogen-bond acceptors (Lipinski definition) is 4. The summed E-state index contributed by atoms with van der Waals surface area (Å²) in [6.45, 7) is 1.24. The third-order valence-corrected chi connectivity index (χ3v) is 7.61. The van der Waals surface area contributed by atoms with Gasteiger partial charge in [0.25, 0.3) is 11.7 Å². The number of thiazole rings is 1. The Bertz CT molecular complexity index is 1820. The Hall–Kier alpha value is -3.69. The maximum absolute atomic E-state index is 11.1. The van der Waals surface area contributed by atoms with Gasteiger partial charge in [0.1, 0.15) is 10.4 Å². The van der Waals surface area contributed by atoms with Crippen molar-refractivity contribution in [1.82, 2.24) is 0 Å². The molecule has 1 N–H and O–H groups in total. The van der Waals surface area contributed by atoms with E-state index in [1.807, 2.05) is 59.9 Å². The topological polar surface area (TPSA) is 87.5 Å². The molecule has 0 atom stereocenters. The summed E-state index contributed by atoms with van der Waals surface area (Å²) in [7, 11) is 0. The van der Waals surface area contributed by atoms with Crippen LogP contribution in [0.15, 0.2) is 109 Å². The average Bonchev–Trinajstić information content (AvgIpc) is 3.38. The molecular weight excluding hydrogens is 520 g/mol. The number of H-pyrrole nitrogens is 1. The van der Waals surface area contributed by atoms with E-state index in [9.17, 15) is 10.2 Å². The van der Waals surface area contributed by atoms with Crippen molar-refractivity contribution in [2.24, 2.45) is 0 Å². The smallest absolute Gasteiger partial charge is 0.873 e. The van der Waals surface area contributed by atoms with E-state index in [4.69, 9.17) is 4.74 Å². The fourth-order valence-corrected chi connectivity index (χ4v) is 5.74. The Morgan fingerprint density at radius 3 is 2.41 bits per heavy atom. The van der Waals surface area contributed by atoms with Gasteiger partial charge in [-0.05, 0) is 41.6 Å². The summed E-state index contributed by atoms with van der Waals surface area (Å²) in [6.07, 6.45) is 5.63. The first kappa shape index (κ1) is 30.3. The number of nitrogens with one attached hydrogen (secondary N) is 1. The van der Waals surface area contributed by atoms with E-state index >= 15 is 0 Å². The zero-order chi connectivity index (χ0) is 26.6. The number of aromatic nitrogens is 2. The average molecular weight is 545 g/mol. The molecule has 0 aliphatic carbocycles. The maximum atomic E-state index is 11.1. The zero-order valence-corrected chi connectivity index (χ0v) is 23.7. The Labute approximate surface area is 266 Å². The normalized spacial score (nSPS) is 11.8. The molecule has 0 unspecified atom stereocenters. The standard InChI is InChI=1S/C14H10NOS.C9H8NO.C9H7NO.2Li/c1-3-7-12-10(5-1)14-15(9-16-12)11-6-2-4-8-13(11)17-14;2*11-8-5-1-3-7-4-2-6-10-9(7)8;;/h1-8H,9H2;1-5,11H,6H2;1-6,11H;;/q+1;-1;;2*+1/p-1. The SMILES string of the molecule is [Li+].[Li+].[O-]c1cccc2c1[N-]CC=C2.[O-]c1cccc2ccc[nH+]c12.c1ccc2c(c1)OC[n+]1c-2sc2ccccc21. The minimum absolute atomic E-state index is 0. The van der Waals surface area contributed by atoms with Crippen LogP contribution in [0.4, 0.5) is 5.69 Å². The molecule has 4 aromatic carbocycles. The van der Waals surface area contributed by atoms with Crippen molar-refractivity contribution >= 4 is 44.2 Å². The fraction of sp³-hybridized carbons (Fsp3) is 0.0625. The molecule has 0 spiro atoms. The van der Waals surface area contributed by atoms with Crippen molar-refractivity contribution in [3.05, 3.63) is 120 Å². The van der Waals surface area contributed by atoms with Crippen LogP contribution in [0.2, 0.25) is 0 Å². The number of para-hydroxylation sites is 4. The second-order valence-electron chi connectivity index (χ2n) is 8.90. The number of ether oxygens (including phenoxy) is 1. The van der Waals surface area contributed by atoms with Crippen molar-refractivity contribution in [2.75, 3.05) is 6.54 Å². The summed E-state index contributed by atoms with van der Waals surface area (Å²) in [5.74, 6) is 1.05. The molecule has 2 aliphatic heterocycles. The molecule has 2 aliphatic rings. The van der Waals surface area contributed by atoms with Crippen molar-refractivity contribution < 1.29 is 62.2 Å². The van der Waals surface area contributed by atoms with E-state index in [1.54, 1.807) is 30.5 Å².